The van der Waals surface area contributed by atoms with Crippen LogP contribution in [0.3, 0.4) is 0 Å². The highest BCUT2D eigenvalue weighted by Crippen LogP contribution is 2.19. The van der Waals surface area contributed by atoms with E-state index in [2.05, 4.69) is 44.8 Å². The Bertz CT molecular complexity index is 853. The molecule has 1 aliphatic rings. The van der Waals surface area contributed by atoms with Crippen LogP contribution in [0.5, 0.6) is 5.75 Å². The predicted octanol–water partition coefficient (Wildman–Crippen LogP) is 3.31. The molecule has 31 heavy (non-hydrogen) atoms. The second-order valence-electron chi connectivity index (χ2n) is 7.40. The van der Waals surface area contributed by atoms with Crippen LogP contribution in [0.15, 0.2) is 47.5 Å². The molecule has 0 aromatic heterocycles. The van der Waals surface area contributed by atoms with Crippen LogP contribution in [0.25, 0.3) is 0 Å². The maximum atomic E-state index is 14.1. The van der Waals surface area contributed by atoms with E-state index >= 15 is 0 Å². The molecule has 6 nitrogen and oxygen atoms in total. The van der Waals surface area contributed by atoms with Crippen LogP contribution in [-0.4, -0.2) is 50.3 Å². The molecule has 0 bridgehead atoms. The third-order valence-electron chi connectivity index (χ3n) is 5.12. The Morgan fingerprint density at radius 1 is 1.10 bits per heavy atom. The van der Waals surface area contributed by atoms with Crippen LogP contribution < -0.4 is 15.4 Å². The lowest BCUT2D eigenvalue weighted by atomic mass is 10.1. The monoisotopic (exact) mass is 428 g/mol. The van der Waals surface area contributed by atoms with Crippen molar-refractivity contribution >= 4 is 5.96 Å². The minimum atomic E-state index is -0.357. The Hall–Kier alpha value is -2.64. The van der Waals surface area contributed by atoms with Gasteiger partial charge in [0.1, 0.15) is 0 Å². The number of nitrogens with zero attached hydrogens (tertiary/aromatic N) is 2. The van der Waals surface area contributed by atoms with Gasteiger partial charge in [0, 0.05) is 32.7 Å². The fourth-order valence-electron chi connectivity index (χ4n) is 3.49. The molecule has 1 aliphatic heterocycles. The number of hydrogen-bond donors (Lipinski definition) is 2. The van der Waals surface area contributed by atoms with E-state index in [0.717, 1.165) is 45.0 Å². The third-order valence-corrected chi connectivity index (χ3v) is 5.12. The molecular formula is C24H33FN4O2. The van der Waals surface area contributed by atoms with Crippen LogP contribution >= 0.6 is 0 Å². The lowest BCUT2D eigenvalue weighted by Crippen LogP contribution is -2.38. The summed E-state index contributed by atoms with van der Waals surface area (Å²) < 4.78 is 24.8. The fourth-order valence-corrected chi connectivity index (χ4v) is 3.49. The topological polar surface area (TPSA) is 58.1 Å². The Balaban J connectivity index is 1.62. The van der Waals surface area contributed by atoms with Crippen LogP contribution in [-0.2, 0) is 24.4 Å². The van der Waals surface area contributed by atoms with Gasteiger partial charge < -0.3 is 20.1 Å². The van der Waals surface area contributed by atoms with E-state index in [9.17, 15) is 4.39 Å². The number of benzene rings is 2. The summed E-state index contributed by atoms with van der Waals surface area (Å²) in [6.07, 6.45) is 0. The number of rotatable bonds is 9. The molecule has 0 atom stereocenters. The van der Waals surface area contributed by atoms with Gasteiger partial charge >= 0.3 is 0 Å². The SMILES string of the molecule is CCNC(=NCc1ccc(OCC)c(F)c1)NCc1ccccc1CN1CCOCC1. The van der Waals surface area contributed by atoms with Gasteiger partial charge in [0.2, 0.25) is 0 Å². The van der Waals surface area contributed by atoms with Crippen LogP contribution in [0, 0.1) is 5.82 Å². The molecule has 1 heterocycles. The first kappa shape index (κ1) is 23.0. The van der Waals surface area contributed by atoms with E-state index in [4.69, 9.17) is 9.47 Å². The first-order valence-electron chi connectivity index (χ1n) is 11.0. The molecule has 0 amide bonds. The Morgan fingerprint density at radius 2 is 1.87 bits per heavy atom. The summed E-state index contributed by atoms with van der Waals surface area (Å²) in [6.45, 7) is 10.5. The molecule has 0 radical (unpaired) electrons. The largest absolute Gasteiger partial charge is 0.491 e. The molecule has 2 aromatic carbocycles. The average molecular weight is 429 g/mol. The van der Waals surface area contributed by atoms with Gasteiger partial charge in [0.15, 0.2) is 17.5 Å². The van der Waals surface area contributed by atoms with E-state index in [1.165, 1.54) is 17.2 Å². The van der Waals surface area contributed by atoms with Gasteiger partial charge in [-0.15, -0.1) is 0 Å². The van der Waals surface area contributed by atoms with Crippen molar-refractivity contribution in [2.45, 2.75) is 33.5 Å². The van der Waals surface area contributed by atoms with E-state index in [0.29, 0.717) is 25.7 Å². The van der Waals surface area contributed by atoms with Gasteiger partial charge in [-0.05, 0) is 42.7 Å². The number of morpholine rings is 1. The van der Waals surface area contributed by atoms with E-state index in [1.54, 1.807) is 6.07 Å². The van der Waals surface area contributed by atoms with Crippen molar-refractivity contribution in [3.8, 4) is 5.75 Å². The first-order valence-corrected chi connectivity index (χ1v) is 11.0. The molecule has 0 unspecified atom stereocenters. The van der Waals surface area contributed by atoms with E-state index < -0.39 is 0 Å². The van der Waals surface area contributed by atoms with Crippen LogP contribution in [0.1, 0.15) is 30.5 Å². The Kier molecular flexibility index (Phi) is 9.12. The molecule has 2 N–H and O–H groups in total. The van der Waals surface area contributed by atoms with Gasteiger partial charge in [0.25, 0.3) is 0 Å². The molecule has 0 aliphatic carbocycles. The Morgan fingerprint density at radius 3 is 2.58 bits per heavy atom. The number of aliphatic imine (C=N–C) groups is 1. The van der Waals surface area contributed by atoms with E-state index in [1.807, 2.05) is 19.9 Å². The molecule has 1 fully saturated rings. The highest BCUT2D eigenvalue weighted by Gasteiger charge is 2.13. The molecule has 2 aromatic rings. The second-order valence-corrected chi connectivity index (χ2v) is 7.40. The zero-order chi connectivity index (χ0) is 21.9. The Labute approximate surface area is 184 Å². The molecule has 1 saturated heterocycles. The molecule has 7 heteroatoms. The van der Waals surface area contributed by atoms with Gasteiger partial charge in [-0.25, -0.2) is 9.38 Å². The van der Waals surface area contributed by atoms with Crippen LogP contribution in [0.2, 0.25) is 0 Å². The summed E-state index contributed by atoms with van der Waals surface area (Å²) >= 11 is 0. The lowest BCUT2D eigenvalue weighted by Gasteiger charge is -2.27. The van der Waals surface area contributed by atoms with Gasteiger partial charge in [-0.1, -0.05) is 30.3 Å². The summed E-state index contributed by atoms with van der Waals surface area (Å²) in [4.78, 5) is 7.04. The first-order chi connectivity index (χ1) is 15.2. The van der Waals surface area contributed by atoms with Crippen molar-refractivity contribution in [1.82, 2.24) is 15.5 Å². The number of nitrogens with one attached hydrogen (secondary N) is 2. The van der Waals surface area contributed by atoms with Gasteiger partial charge in [0.05, 0.1) is 26.4 Å². The zero-order valence-corrected chi connectivity index (χ0v) is 18.5. The maximum absolute atomic E-state index is 14.1. The highest BCUT2D eigenvalue weighted by molar-refractivity contribution is 5.79. The smallest absolute Gasteiger partial charge is 0.191 e. The highest BCUT2D eigenvalue weighted by atomic mass is 19.1. The minimum absolute atomic E-state index is 0.275. The zero-order valence-electron chi connectivity index (χ0n) is 18.5. The van der Waals surface area contributed by atoms with Crippen molar-refractivity contribution < 1.29 is 13.9 Å². The number of halogens is 1. The van der Waals surface area contributed by atoms with Gasteiger partial charge in [-0.3, -0.25) is 4.90 Å². The van der Waals surface area contributed by atoms with Crippen molar-refractivity contribution in [2.75, 3.05) is 39.5 Å². The van der Waals surface area contributed by atoms with Crippen molar-refractivity contribution in [1.29, 1.82) is 0 Å². The molecule has 0 spiro atoms. The molecule has 168 valence electrons. The molecule has 3 rings (SSSR count). The maximum Gasteiger partial charge on any atom is 0.191 e. The van der Waals surface area contributed by atoms with E-state index in [-0.39, 0.29) is 11.6 Å². The summed E-state index contributed by atoms with van der Waals surface area (Å²) in [6, 6.07) is 13.5. The summed E-state index contributed by atoms with van der Waals surface area (Å²) in [5.41, 5.74) is 3.35. The third kappa shape index (κ3) is 7.22. The quantitative estimate of drug-likeness (QED) is 0.474. The van der Waals surface area contributed by atoms with Gasteiger partial charge in [-0.2, -0.15) is 0 Å². The number of hydrogen-bond acceptors (Lipinski definition) is 4. The second kappa shape index (κ2) is 12.3. The lowest BCUT2D eigenvalue weighted by molar-refractivity contribution is 0.0341. The number of ether oxygens (including phenoxy) is 2. The number of guanidine groups is 1. The standard InChI is InChI=1S/C24H33FN4O2/c1-3-26-24(27-16-19-9-10-23(31-4-2)22(25)15-19)28-17-20-7-5-6-8-21(20)18-29-11-13-30-14-12-29/h5-10,15H,3-4,11-14,16-18H2,1-2H3,(H2,26,27,28). The van der Waals surface area contributed by atoms with Crippen molar-refractivity contribution in [3.63, 3.8) is 0 Å². The summed E-state index contributed by atoms with van der Waals surface area (Å²) in [5, 5.41) is 6.67. The predicted molar refractivity (Wildman–Crippen MR) is 122 cm³/mol. The minimum Gasteiger partial charge on any atom is -0.491 e. The average Bonchev–Trinajstić information content (AvgIpc) is 2.79. The normalized spacial score (nSPS) is 15.0. The van der Waals surface area contributed by atoms with Crippen molar-refractivity contribution in [2.24, 2.45) is 4.99 Å². The molecule has 0 saturated carbocycles. The fraction of sp³-hybridized carbons (Fsp3) is 0.458. The van der Waals surface area contributed by atoms with Crippen molar-refractivity contribution in [3.05, 3.63) is 65.0 Å². The summed E-state index contributed by atoms with van der Waals surface area (Å²) in [7, 11) is 0. The summed E-state index contributed by atoms with van der Waals surface area (Å²) in [5.74, 6) is 0.625. The molecular weight excluding hydrogens is 395 g/mol. The van der Waals surface area contributed by atoms with Crippen LogP contribution in [0.4, 0.5) is 4.39 Å².